The topological polar surface area (TPSA) is 70.2 Å². The van der Waals surface area contributed by atoms with Gasteiger partial charge in [0, 0.05) is 11.7 Å². The minimum atomic E-state index is -0.110. The van der Waals surface area contributed by atoms with Gasteiger partial charge in [0.15, 0.2) is 0 Å². The molecule has 0 aromatic heterocycles. The molecule has 1 aromatic rings. The zero-order chi connectivity index (χ0) is 14.8. The van der Waals surface area contributed by atoms with Crippen LogP contribution in [-0.2, 0) is 16.0 Å². The number of carbonyl (C=O) groups excluding carboxylic acids is 2. The molecule has 1 aliphatic heterocycles. The molecule has 1 saturated carbocycles. The van der Waals surface area contributed by atoms with Crippen LogP contribution in [0.4, 0.5) is 11.4 Å². The van der Waals surface area contributed by atoms with Crippen molar-refractivity contribution in [3.05, 3.63) is 22.7 Å². The van der Waals surface area contributed by atoms with Crippen LogP contribution in [0.3, 0.4) is 0 Å². The van der Waals surface area contributed by atoms with Crippen LogP contribution in [0.1, 0.15) is 31.2 Å². The van der Waals surface area contributed by atoms with Gasteiger partial charge < -0.3 is 16.0 Å². The highest BCUT2D eigenvalue weighted by Crippen LogP contribution is 2.32. The highest BCUT2D eigenvalue weighted by atomic mass is 35.5. The normalized spacial score (nSPS) is 17.7. The molecule has 0 saturated heterocycles. The Kier molecular flexibility index (Phi) is 4.12. The predicted molar refractivity (Wildman–Crippen MR) is 82.7 cm³/mol. The number of carbonyl (C=O) groups is 2. The molecule has 1 heterocycles. The number of rotatable bonds is 4. The maximum Gasteiger partial charge on any atom is 0.238 e. The van der Waals surface area contributed by atoms with Crippen molar-refractivity contribution in [3.8, 4) is 0 Å². The second-order valence-corrected chi connectivity index (χ2v) is 6.03. The smallest absolute Gasteiger partial charge is 0.238 e. The highest BCUT2D eigenvalue weighted by molar-refractivity contribution is 6.34. The molecule has 2 aliphatic rings. The van der Waals surface area contributed by atoms with E-state index >= 15 is 0 Å². The van der Waals surface area contributed by atoms with Crippen LogP contribution in [0.25, 0.3) is 0 Å². The summed E-state index contributed by atoms with van der Waals surface area (Å²) in [5.41, 5.74) is 2.15. The third-order valence-electron chi connectivity index (χ3n) is 4.00. The molecular formula is C15H18ClN3O2. The summed E-state index contributed by atoms with van der Waals surface area (Å²) in [5, 5.41) is 9.23. The summed E-state index contributed by atoms with van der Waals surface area (Å²) in [7, 11) is 0. The monoisotopic (exact) mass is 307 g/mol. The minimum Gasteiger partial charge on any atom is -0.325 e. The van der Waals surface area contributed by atoms with Crippen LogP contribution in [0, 0.1) is 0 Å². The Morgan fingerprint density at radius 2 is 2.10 bits per heavy atom. The Morgan fingerprint density at radius 3 is 2.86 bits per heavy atom. The van der Waals surface area contributed by atoms with Crippen LogP contribution in [-0.4, -0.2) is 24.4 Å². The lowest BCUT2D eigenvalue weighted by atomic mass is 10.1. The molecule has 3 N–H and O–H groups in total. The zero-order valence-corrected chi connectivity index (χ0v) is 12.4. The summed E-state index contributed by atoms with van der Waals surface area (Å²) in [4.78, 5) is 23.3. The molecule has 21 heavy (non-hydrogen) atoms. The van der Waals surface area contributed by atoms with E-state index in [9.17, 15) is 9.59 Å². The molecule has 0 radical (unpaired) electrons. The molecule has 1 aliphatic carbocycles. The number of nitrogens with one attached hydrogen (secondary N) is 3. The van der Waals surface area contributed by atoms with Gasteiger partial charge in [-0.3, -0.25) is 9.59 Å². The molecular weight excluding hydrogens is 290 g/mol. The first-order valence-electron chi connectivity index (χ1n) is 7.27. The Labute approximate surface area is 128 Å². The summed E-state index contributed by atoms with van der Waals surface area (Å²) >= 11 is 6.14. The van der Waals surface area contributed by atoms with Crippen molar-refractivity contribution < 1.29 is 9.59 Å². The Morgan fingerprint density at radius 1 is 1.33 bits per heavy atom. The summed E-state index contributed by atoms with van der Waals surface area (Å²) in [5.74, 6) is -0.159. The van der Waals surface area contributed by atoms with Crippen LogP contribution in [0.2, 0.25) is 5.02 Å². The number of hydrogen-bond donors (Lipinski definition) is 3. The quantitative estimate of drug-likeness (QED) is 0.799. The summed E-state index contributed by atoms with van der Waals surface area (Å²) < 4.78 is 0. The van der Waals surface area contributed by atoms with Gasteiger partial charge in [-0.05, 0) is 30.5 Å². The van der Waals surface area contributed by atoms with Gasteiger partial charge in [-0.15, -0.1) is 0 Å². The van der Waals surface area contributed by atoms with E-state index < -0.39 is 0 Å². The first-order chi connectivity index (χ1) is 10.1. The van der Waals surface area contributed by atoms with Crippen molar-refractivity contribution in [1.29, 1.82) is 0 Å². The van der Waals surface area contributed by atoms with Crippen molar-refractivity contribution >= 4 is 34.8 Å². The average Bonchev–Trinajstić information content (AvgIpc) is 3.05. The van der Waals surface area contributed by atoms with Gasteiger partial charge in [0.25, 0.3) is 0 Å². The Hall–Kier alpha value is -1.59. The largest absolute Gasteiger partial charge is 0.325 e. The number of hydrogen-bond acceptors (Lipinski definition) is 3. The van der Waals surface area contributed by atoms with Crippen molar-refractivity contribution in [2.24, 2.45) is 0 Å². The average molecular weight is 308 g/mol. The van der Waals surface area contributed by atoms with Crippen LogP contribution in [0.5, 0.6) is 0 Å². The van der Waals surface area contributed by atoms with E-state index in [2.05, 4.69) is 16.0 Å². The predicted octanol–water partition coefficient (Wildman–Crippen LogP) is 2.31. The number of halogens is 1. The first kappa shape index (κ1) is 14.4. The molecule has 5 nitrogen and oxygen atoms in total. The molecule has 1 aromatic carbocycles. The van der Waals surface area contributed by atoms with Crippen LogP contribution in [0.15, 0.2) is 12.1 Å². The van der Waals surface area contributed by atoms with E-state index in [0.29, 0.717) is 23.2 Å². The number of anilines is 2. The second kappa shape index (κ2) is 6.03. The van der Waals surface area contributed by atoms with E-state index in [0.717, 1.165) is 24.1 Å². The van der Waals surface area contributed by atoms with Gasteiger partial charge in [-0.1, -0.05) is 24.4 Å². The van der Waals surface area contributed by atoms with Crippen LogP contribution >= 0.6 is 11.6 Å². The van der Waals surface area contributed by atoms with Crippen molar-refractivity contribution in [2.45, 2.75) is 38.1 Å². The van der Waals surface area contributed by atoms with Gasteiger partial charge in [0.2, 0.25) is 11.8 Å². The molecule has 1 fully saturated rings. The lowest BCUT2D eigenvalue weighted by molar-refractivity contribution is -0.116. The maximum absolute atomic E-state index is 12.0. The van der Waals surface area contributed by atoms with Crippen molar-refractivity contribution in [2.75, 3.05) is 17.2 Å². The fraction of sp³-hybridized carbons (Fsp3) is 0.467. The fourth-order valence-corrected chi connectivity index (χ4v) is 3.12. The molecule has 0 bridgehead atoms. The van der Waals surface area contributed by atoms with E-state index in [-0.39, 0.29) is 18.4 Å². The minimum absolute atomic E-state index is 0.0487. The van der Waals surface area contributed by atoms with E-state index in [1.54, 1.807) is 12.1 Å². The Bertz CT molecular complexity index is 583. The van der Waals surface area contributed by atoms with Crippen molar-refractivity contribution in [3.63, 3.8) is 0 Å². The Balaban J connectivity index is 1.60. The van der Waals surface area contributed by atoms with Gasteiger partial charge in [-0.25, -0.2) is 0 Å². The van der Waals surface area contributed by atoms with Crippen molar-refractivity contribution in [1.82, 2.24) is 5.32 Å². The van der Waals surface area contributed by atoms with E-state index in [4.69, 9.17) is 11.6 Å². The number of fused-ring (bicyclic) bond motifs is 1. The lowest BCUT2D eigenvalue weighted by Gasteiger charge is -2.13. The molecule has 0 spiro atoms. The zero-order valence-electron chi connectivity index (χ0n) is 11.7. The number of amides is 2. The summed E-state index contributed by atoms with van der Waals surface area (Å²) in [6, 6.07) is 3.90. The summed E-state index contributed by atoms with van der Waals surface area (Å²) in [6.07, 6.45) is 5.07. The first-order valence-corrected chi connectivity index (χ1v) is 7.65. The standard InChI is InChI=1S/C15H18ClN3O2/c16-11-7-12-9(6-14(20)18-12)5-13(11)19-15(21)8-17-10-3-1-2-4-10/h5,7,10,17H,1-4,6,8H2,(H,18,20)(H,19,21). The molecule has 0 unspecified atom stereocenters. The molecule has 2 amide bonds. The summed E-state index contributed by atoms with van der Waals surface area (Å²) in [6.45, 7) is 0.287. The molecule has 6 heteroatoms. The van der Waals surface area contributed by atoms with Crippen LogP contribution < -0.4 is 16.0 Å². The molecule has 0 atom stereocenters. The SMILES string of the molecule is O=C(CNC1CCCC1)Nc1cc2c(cc1Cl)NC(=O)C2. The highest BCUT2D eigenvalue weighted by Gasteiger charge is 2.20. The van der Waals surface area contributed by atoms with E-state index in [1.807, 2.05) is 0 Å². The third kappa shape index (κ3) is 3.36. The second-order valence-electron chi connectivity index (χ2n) is 5.62. The van der Waals surface area contributed by atoms with Gasteiger partial charge in [0.1, 0.15) is 0 Å². The number of benzene rings is 1. The third-order valence-corrected chi connectivity index (χ3v) is 4.31. The van der Waals surface area contributed by atoms with Gasteiger partial charge >= 0.3 is 0 Å². The molecule has 112 valence electrons. The van der Waals surface area contributed by atoms with E-state index in [1.165, 1.54) is 12.8 Å². The maximum atomic E-state index is 12.0. The lowest BCUT2D eigenvalue weighted by Crippen LogP contribution is -2.34. The van der Waals surface area contributed by atoms with Gasteiger partial charge in [-0.2, -0.15) is 0 Å². The van der Waals surface area contributed by atoms with Gasteiger partial charge in [0.05, 0.1) is 23.7 Å². The fourth-order valence-electron chi connectivity index (χ4n) is 2.91. The molecule has 3 rings (SSSR count).